The fourth-order valence-corrected chi connectivity index (χ4v) is 0.831. The van der Waals surface area contributed by atoms with Crippen LogP contribution >= 0.6 is 0 Å². The first-order valence-electron chi connectivity index (χ1n) is 2.99. The molecule has 1 nitrogen and oxygen atoms in total. The van der Waals surface area contributed by atoms with Gasteiger partial charge < -0.3 is 5.32 Å². The van der Waals surface area contributed by atoms with E-state index in [0.29, 0.717) is 13.0 Å². The van der Waals surface area contributed by atoms with Gasteiger partial charge in [-0.2, -0.15) is 0 Å². The molecule has 0 spiro atoms. The SMILES string of the molecule is FC(F)C1C=CNCC1. The lowest BCUT2D eigenvalue weighted by Crippen LogP contribution is -2.21. The van der Waals surface area contributed by atoms with Crippen molar-refractivity contribution in [3.05, 3.63) is 12.3 Å². The fraction of sp³-hybridized carbons (Fsp3) is 0.667. The van der Waals surface area contributed by atoms with Gasteiger partial charge >= 0.3 is 0 Å². The van der Waals surface area contributed by atoms with E-state index in [2.05, 4.69) is 5.32 Å². The van der Waals surface area contributed by atoms with Gasteiger partial charge in [0, 0.05) is 12.5 Å². The predicted octanol–water partition coefficient (Wildman–Crippen LogP) is 1.37. The highest BCUT2D eigenvalue weighted by atomic mass is 19.3. The van der Waals surface area contributed by atoms with E-state index in [1.165, 1.54) is 6.08 Å². The molecular formula is C6H9F2N. The lowest BCUT2D eigenvalue weighted by atomic mass is 10.0. The zero-order valence-corrected chi connectivity index (χ0v) is 4.98. The number of rotatable bonds is 1. The quantitative estimate of drug-likeness (QED) is 0.569. The molecule has 0 saturated heterocycles. The normalized spacial score (nSPS) is 26.3. The van der Waals surface area contributed by atoms with Crippen molar-refractivity contribution >= 4 is 0 Å². The van der Waals surface area contributed by atoms with Gasteiger partial charge in [-0.25, -0.2) is 8.78 Å². The van der Waals surface area contributed by atoms with Gasteiger partial charge in [-0.1, -0.05) is 6.08 Å². The molecule has 9 heavy (non-hydrogen) atoms. The van der Waals surface area contributed by atoms with E-state index in [9.17, 15) is 8.78 Å². The molecule has 0 aromatic carbocycles. The number of nitrogens with one attached hydrogen (secondary N) is 1. The van der Waals surface area contributed by atoms with Crippen molar-refractivity contribution in [2.45, 2.75) is 12.8 Å². The molecular weight excluding hydrogens is 124 g/mol. The summed E-state index contributed by atoms with van der Waals surface area (Å²) in [5.74, 6) is -0.522. The van der Waals surface area contributed by atoms with Crippen LogP contribution in [0.3, 0.4) is 0 Å². The van der Waals surface area contributed by atoms with E-state index in [-0.39, 0.29) is 0 Å². The molecule has 0 amide bonds. The molecule has 0 saturated carbocycles. The highest BCUT2D eigenvalue weighted by molar-refractivity contribution is 4.92. The third-order valence-electron chi connectivity index (χ3n) is 1.41. The van der Waals surface area contributed by atoms with E-state index < -0.39 is 12.3 Å². The Balaban J connectivity index is 2.40. The van der Waals surface area contributed by atoms with Crippen LogP contribution in [0.2, 0.25) is 0 Å². The van der Waals surface area contributed by atoms with Crippen LogP contribution in [0.1, 0.15) is 6.42 Å². The average molecular weight is 133 g/mol. The zero-order valence-electron chi connectivity index (χ0n) is 4.98. The Morgan fingerprint density at radius 1 is 1.56 bits per heavy atom. The largest absolute Gasteiger partial charge is 0.391 e. The third-order valence-corrected chi connectivity index (χ3v) is 1.41. The van der Waals surface area contributed by atoms with Crippen molar-refractivity contribution in [2.24, 2.45) is 5.92 Å². The number of hydrogen-bond donors (Lipinski definition) is 1. The molecule has 0 aromatic heterocycles. The van der Waals surface area contributed by atoms with Gasteiger partial charge in [-0.05, 0) is 12.6 Å². The predicted molar refractivity (Wildman–Crippen MR) is 31.3 cm³/mol. The van der Waals surface area contributed by atoms with Gasteiger partial charge in [-0.15, -0.1) is 0 Å². The summed E-state index contributed by atoms with van der Waals surface area (Å²) in [6, 6.07) is 0. The maximum Gasteiger partial charge on any atom is 0.244 e. The molecule has 0 radical (unpaired) electrons. The minimum absolute atomic E-state index is 0.522. The van der Waals surface area contributed by atoms with E-state index >= 15 is 0 Å². The molecule has 0 aliphatic carbocycles. The molecule has 52 valence electrons. The summed E-state index contributed by atoms with van der Waals surface area (Å²) in [6.45, 7) is 0.672. The topological polar surface area (TPSA) is 12.0 Å². The fourth-order valence-electron chi connectivity index (χ4n) is 0.831. The van der Waals surface area contributed by atoms with Gasteiger partial charge in [0.05, 0.1) is 0 Å². The highest BCUT2D eigenvalue weighted by Gasteiger charge is 2.17. The molecule has 1 aliphatic heterocycles. The molecule has 1 unspecified atom stereocenters. The lowest BCUT2D eigenvalue weighted by molar-refractivity contribution is 0.0940. The summed E-state index contributed by atoms with van der Waals surface area (Å²) in [7, 11) is 0. The third kappa shape index (κ3) is 1.66. The number of hydrogen-bond acceptors (Lipinski definition) is 1. The summed E-state index contributed by atoms with van der Waals surface area (Å²) in [5.41, 5.74) is 0. The number of alkyl halides is 2. The smallest absolute Gasteiger partial charge is 0.244 e. The second-order valence-corrected chi connectivity index (χ2v) is 2.10. The lowest BCUT2D eigenvalue weighted by Gasteiger charge is -2.15. The molecule has 0 aromatic rings. The van der Waals surface area contributed by atoms with Crippen LogP contribution in [0, 0.1) is 5.92 Å². The van der Waals surface area contributed by atoms with Crippen LogP contribution in [0.5, 0.6) is 0 Å². The Morgan fingerprint density at radius 2 is 2.33 bits per heavy atom. The maximum atomic E-state index is 11.8. The Kier molecular flexibility index (Phi) is 2.03. The first kappa shape index (κ1) is 6.52. The van der Waals surface area contributed by atoms with Crippen LogP contribution in [0.4, 0.5) is 8.78 Å². The molecule has 0 fully saturated rings. The maximum absolute atomic E-state index is 11.8. The van der Waals surface area contributed by atoms with E-state index in [4.69, 9.17) is 0 Å². The van der Waals surface area contributed by atoms with Gasteiger partial charge in [0.1, 0.15) is 0 Å². The molecule has 1 N–H and O–H groups in total. The molecule has 1 rings (SSSR count). The van der Waals surface area contributed by atoms with E-state index in [0.717, 1.165) is 0 Å². The highest BCUT2D eigenvalue weighted by Crippen LogP contribution is 2.16. The number of halogens is 2. The van der Waals surface area contributed by atoms with Crippen LogP contribution in [0.25, 0.3) is 0 Å². The van der Waals surface area contributed by atoms with Crippen molar-refractivity contribution in [1.82, 2.24) is 5.32 Å². The van der Waals surface area contributed by atoms with E-state index in [1.54, 1.807) is 6.20 Å². The standard InChI is InChI=1S/C6H9F2N/c7-6(8)5-1-3-9-4-2-5/h1,3,5-6,9H,2,4H2. The zero-order chi connectivity index (χ0) is 6.69. The first-order valence-corrected chi connectivity index (χ1v) is 2.99. The Labute approximate surface area is 52.7 Å². The number of allylic oxidation sites excluding steroid dienone is 1. The monoisotopic (exact) mass is 133 g/mol. The Bertz CT molecular complexity index is 112. The van der Waals surface area contributed by atoms with Gasteiger partial charge in [0.15, 0.2) is 0 Å². The van der Waals surface area contributed by atoms with Crippen LogP contribution in [0.15, 0.2) is 12.3 Å². The molecule has 0 bridgehead atoms. The Morgan fingerprint density at radius 3 is 2.67 bits per heavy atom. The first-order chi connectivity index (χ1) is 4.30. The van der Waals surface area contributed by atoms with Crippen LogP contribution < -0.4 is 5.32 Å². The van der Waals surface area contributed by atoms with Gasteiger partial charge in [0.2, 0.25) is 6.43 Å². The summed E-state index contributed by atoms with van der Waals surface area (Å²) in [5, 5.41) is 2.86. The van der Waals surface area contributed by atoms with Crippen molar-refractivity contribution in [3.63, 3.8) is 0 Å². The van der Waals surface area contributed by atoms with Gasteiger partial charge in [0.25, 0.3) is 0 Å². The second kappa shape index (κ2) is 2.80. The van der Waals surface area contributed by atoms with Crippen molar-refractivity contribution < 1.29 is 8.78 Å². The average Bonchev–Trinajstić information content (AvgIpc) is 1.90. The van der Waals surface area contributed by atoms with Crippen molar-refractivity contribution in [2.75, 3.05) is 6.54 Å². The minimum atomic E-state index is -2.19. The Hall–Kier alpha value is -0.600. The minimum Gasteiger partial charge on any atom is -0.391 e. The van der Waals surface area contributed by atoms with Crippen molar-refractivity contribution in [3.8, 4) is 0 Å². The van der Waals surface area contributed by atoms with Crippen LogP contribution in [-0.2, 0) is 0 Å². The molecule has 1 heterocycles. The van der Waals surface area contributed by atoms with Gasteiger partial charge in [-0.3, -0.25) is 0 Å². The van der Waals surface area contributed by atoms with E-state index in [1.807, 2.05) is 0 Å². The van der Waals surface area contributed by atoms with Crippen LogP contribution in [-0.4, -0.2) is 13.0 Å². The molecule has 1 aliphatic rings. The summed E-state index contributed by atoms with van der Waals surface area (Å²) < 4.78 is 23.7. The summed E-state index contributed by atoms with van der Waals surface area (Å²) in [6.07, 6.45) is 1.48. The van der Waals surface area contributed by atoms with Crippen molar-refractivity contribution in [1.29, 1.82) is 0 Å². The molecule has 3 heteroatoms. The summed E-state index contributed by atoms with van der Waals surface area (Å²) >= 11 is 0. The second-order valence-electron chi connectivity index (χ2n) is 2.10. The molecule has 1 atom stereocenters. The summed E-state index contributed by atoms with van der Waals surface area (Å²) in [4.78, 5) is 0.